The van der Waals surface area contributed by atoms with Gasteiger partial charge in [0.25, 0.3) is 0 Å². The smallest absolute Gasteiger partial charge is 0.245 e. The molecule has 1 aromatic carbocycles. The first-order chi connectivity index (χ1) is 12.1. The minimum atomic E-state index is -0.507. The van der Waals surface area contributed by atoms with Crippen LogP contribution in [0.3, 0.4) is 0 Å². The number of hydrogen-bond acceptors (Lipinski definition) is 2. The maximum Gasteiger partial charge on any atom is 0.245 e. The lowest BCUT2D eigenvalue weighted by molar-refractivity contribution is -0.137. The van der Waals surface area contributed by atoms with Gasteiger partial charge in [-0.2, -0.15) is 0 Å². The minimum absolute atomic E-state index is 0.0407. The van der Waals surface area contributed by atoms with Crippen LogP contribution < -0.4 is 5.32 Å². The molecule has 0 radical (unpaired) electrons. The largest absolute Gasteiger partial charge is 0.361 e. The Morgan fingerprint density at radius 1 is 1.16 bits per heavy atom. The lowest BCUT2D eigenvalue weighted by Gasteiger charge is -2.31. The molecule has 1 atom stereocenters. The molecule has 2 heterocycles. The topological polar surface area (TPSA) is 65.2 Å². The summed E-state index contributed by atoms with van der Waals surface area (Å²) >= 11 is 0. The average Bonchev–Trinajstić information content (AvgIpc) is 3.04. The number of carbonyl (C=O) groups excluding carboxylic acids is 2. The number of likely N-dealkylation sites (tertiary alicyclic amines) is 1. The molecule has 2 N–H and O–H groups in total. The van der Waals surface area contributed by atoms with Crippen LogP contribution >= 0.6 is 0 Å². The number of benzene rings is 1. The summed E-state index contributed by atoms with van der Waals surface area (Å²) in [4.78, 5) is 30.4. The third kappa shape index (κ3) is 4.03. The molecule has 2 amide bonds. The molecular weight excluding hydrogens is 314 g/mol. The summed E-state index contributed by atoms with van der Waals surface area (Å²) in [5, 5.41) is 4.08. The minimum Gasteiger partial charge on any atom is -0.361 e. The predicted molar refractivity (Wildman–Crippen MR) is 99.2 cm³/mol. The second kappa shape index (κ2) is 7.72. The van der Waals surface area contributed by atoms with Gasteiger partial charge in [-0.05, 0) is 30.9 Å². The van der Waals surface area contributed by atoms with Crippen molar-refractivity contribution in [2.75, 3.05) is 13.1 Å². The molecule has 1 aliphatic heterocycles. The highest BCUT2D eigenvalue weighted by atomic mass is 16.2. The van der Waals surface area contributed by atoms with E-state index >= 15 is 0 Å². The monoisotopic (exact) mass is 341 g/mol. The number of rotatable bonds is 5. The van der Waals surface area contributed by atoms with Gasteiger partial charge >= 0.3 is 0 Å². The molecule has 2 aromatic rings. The van der Waals surface area contributed by atoms with Crippen molar-refractivity contribution in [3.05, 3.63) is 36.0 Å². The number of aromatic amines is 1. The van der Waals surface area contributed by atoms with Crippen LogP contribution in [0.15, 0.2) is 30.5 Å². The Kier molecular flexibility index (Phi) is 5.41. The SMILES string of the molecule is CC(C)C(=O)N[C@@H](Cc1c[nH]c2ccccc12)C(=O)N1CCCCC1. The number of hydrogen-bond donors (Lipinski definition) is 2. The van der Waals surface area contributed by atoms with Crippen LogP contribution in [-0.2, 0) is 16.0 Å². The Hall–Kier alpha value is -2.30. The number of amides is 2. The summed E-state index contributed by atoms with van der Waals surface area (Å²) in [6.07, 6.45) is 5.73. The van der Waals surface area contributed by atoms with E-state index in [1.807, 2.05) is 49.2 Å². The number of piperidine rings is 1. The predicted octanol–water partition coefficient (Wildman–Crippen LogP) is 2.86. The molecule has 1 aliphatic rings. The van der Waals surface area contributed by atoms with Crippen molar-refractivity contribution in [1.82, 2.24) is 15.2 Å². The molecule has 5 nitrogen and oxygen atoms in total. The van der Waals surface area contributed by atoms with Crippen molar-refractivity contribution in [1.29, 1.82) is 0 Å². The molecular formula is C20H27N3O2. The first kappa shape index (κ1) is 17.5. The number of aromatic nitrogens is 1. The second-order valence-corrected chi connectivity index (χ2v) is 7.17. The van der Waals surface area contributed by atoms with Crippen LogP contribution in [0.25, 0.3) is 10.9 Å². The highest BCUT2D eigenvalue weighted by molar-refractivity contribution is 5.90. The quantitative estimate of drug-likeness (QED) is 0.878. The van der Waals surface area contributed by atoms with Crippen LogP contribution in [0.4, 0.5) is 0 Å². The molecule has 1 aromatic heterocycles. The van der Waals surface area contributed by atoms with Crippen molar-refractivity contribution < 1.29 is 9.59 Å². The fraction of sp³-hybridized carbons (Fsp3) is 0.500. The van der Waals surface area contributed by atoms with Crippen LogP contribution in [0.1, 0.15) is 38.7 Å². The van der Waals surface area contributed by atoms with Crippen molar-refractivity contribution in [3.63, 3.8) is 0 Å². The van der Waals surface area contributed by atoms with Gasteiger partial charge in [0, 0.05) is 42.5 Å². The number of para-hydroxylation sites is 1. The molecule has 0 saturated carbocycles. The zero-order valence-corrected chi connectivity index (χ0v) is 15.0. The molecule has 0 spiro atoms. The molecule has 3 rings (SSSR count). The molecule has 25 heavy (non-hydrogen) atoms. The van der Waals surface area contributed by atoms with Crippen molar-refractivity contribution in [2.24, 2.45) is 5.92 Å². The molecule has 0 bridgehead atoms. The Balaban J connectivity index is 1.82. The van der Waals surface area contributed by atoms with Crippen molar-refractivity contribution in [3.8, 4) is 0 Å². The van der Waals surface area contributed by atoms with E-state index in [0.717, 1.165) is 42.4 Å². The van der Waals surface area contributed by atoms with Gasteiger partial charge in [0.1, 0.15) is 6.04 Å². The number of H-pyrrole nitrogens is 1. The summed E-state index contributed by atoms with van der Waals surface area (Å²) in [6, 6.07) is 7.54. The standard InChI is InChI=1S/C20H27N3O2/c1-14(2)19(24)22-18(20(25)23-10-6-3-7-11-23)12-15-13-21-17-9-5-4-8-16(15)17/h4-5,8-9,13-14,18,21H,3,6-7,10-12H2,1-2H3,(H,22,24)/t18-/m0/s1. The zero-order chi connectivity index (χ0) is 17.8. The molecule has 0 unspecified atom stereocenters. The van der Waals surface area contributed by atoms with E-state index < -0.39 is 6.04 Å². The highest BCUT2D eigenvalue weighted by Gasteiger charge is 2.28. The van der Waals surface area contributed by atoms with E-state index in [1.165, 1.54) is 6.42 Å². The highest BCUT2D eigenvalue weighted by Crippen LogP contribution is 2.20. The first-order valence-electron chi connectivity index (χ1n) is 9.20. The van der Waals surface area contributed by atoms with Gasteiger partial charge in [0.2, 0.25) is 11.8 Å². The van der Waals surface area contributed by atoms with E-state index in [-0.39, 0.29) is 17.7 Å². The Bertz CT molecular complexity index is 744. The summed E-state index contributed by atoms with van der Waals surface area (Å²) in [6.45, 7) is 5.29. The second-order valence-electron chi connectivity index (χ2n) is 7.17. The van der Waals surface area contributed by atoms with E-state index in [4.69, 9.17) is 0 Å². The van der Waals surface area contributed by atoms with E-state index in [9.17, 15) is 9.59 Å². The fourth-order valence-electron chi connectivity index (χ4n) is 3.39. The third-order valence-electron chi connectivity index (χ3n) is 4.91. The third-order valence-corrected chi connectivity index (χ3v) is 4.91. The average molecular weight is 341 g/mol. The number of fused-ring (bicyclic) bond motifs is 1. The molecule has 1 fully saturated rings. The van der Waals surface area contributed by atoms with Crippen molar-refractivity contribution in [2.45, 2.75) is 45.6 Å². The molecule has 1 saturated heterocycles. The van der Waals surface area contributed by atoms with Gasteiger partial charge in [-0.25, -0.2) is 0 Å². The van der Waals surface area contributed by atoms with E-state index in [0.29, 0.717) is 6.42 Å². The van der Waals surface area contributed by atoms with Crippen LogP contribution in [-0.4, -0.2) is 40.8 Å². The molecule has 5 heteroatoms. The van der Waals surface area contributed by atoms with E-state index in [1.54, 1.807) is 0 Å². The molecule has 0 aliphatic carbocycles. The Morgan fingerprint density at radius 2 is 1.88 bits per heavy atom. The Labute approximate surface area is 148 Å². The van der Waals surface area contributed by atoms with Gasteiger partial charge in [0.15, 0.2) is 0 Å². The Morgan fingerprint density at radius 3 is 2.60 bits per heavy atom. The van der Waals surface area contributed by atoms with E-state index in [2.05, 4.69) is 10.3 Å². The zero-order valence-electron chi connectivity index (χ0n) is 15.0. The van der Waals surface area contributed by atoms with Crippen LogP contribution in [0.2, 0.25) is 0 Å². The fourth-order valence-corrected chi connectivity index (χ4v) is 3.39. The van der Waals surface area contributed by atoms with Crippen LogP contribution in [0, 0.1) is 5.92 Å². The van der Waals surface area contributed by atoms with Gasteiger partial charge in [-0.3, -0.25) is 9.59 Å². The number of nitrogens with one attached hydrogen (secondary N) is 2. The number of nitrogens with zero attached hydrogens (tertiary/aromatic N) is 1. The van der Waals surface area contributed by atoms with Gasteiger partial charge in [0.05, 0.1) is 0 Å². The maximum atomic E-state index is 13.0. The summed E-state index contributed by atoms with van der Waals surface area (Å²) in [5.74, 6) is -0.172. The molecule has 134 valence electrons. The van der Waals surface area contributed by atoms with Crippen LogP contribution in [0.5, 0.6) is 0 Å². The first-order valence-corrected chi connectivity index (χ1v) is 9.20. The van der Waals surface area contributed by atoms with Gasteiger partial charge in [-0.15, -0.1) is 0 Å². The maximum absolute atomic E-state index is 13.0. The summed E-state index contributed by atoms with van der Waals surface area (Å²) in [7, 11) is 0. The number of carbonyl (C=O) groups is 2. The lowest BCUT2D eigenvalue weighted by atomic mass is 10.0. The lowest BCUT2D eigenvalue weighted by Crippen LogP contribution is -2.51. The summed E-state index contributed by atoms with van der Waals surface area (Å²) < 4.78 is 0. The van der Waals surface area contributed by atoms with Crippen molar-refractivity contribution >= 4 is 22.7 Å². The van der Waals surface area contributed by atoms with Gasteiger partial charge in [-0.1, -0.05) is 32.0 Å². The summed E-state index contributed by atoms with van der Waals surface area (Å²) in [5.41, 5.74) is 2.12. The normalized spacial score (nSPS) is 16.2. The van der Waals surface area contributed by atoms with Gasteiger partial charge < -0.3 is 15.2 Å².